The summed E-state index contributed by atoms with van der Waals surface area (Å²) in [5.41, 5.74) is 18.2. The van der Waals surface area contributed by atoms with E-state index in [1.807, 2.05) is 24.3 Å². The lowest BCUT2D eigenvalue weighted by Crippen LogP contribution is -2.17. The van der Waals surface area contributed by atoms with Gasteiger partial charge in [-0.2, -0.15) is 0 Å². The highest BCUT2D eigenvalue weighted by atomic mass is 15.1. The lowest BCUT2D eigenvalue weighted by Gasteiger charge is -2.16. The first-order valence-corrected chi connectivity index (χ1v) is 7.56. The molecule has 4 nitrogen and oxygen atoms in total. The summed E-state index contributed by atoms with van der Waals surface area (Å²) in [6.07, 6.45) is 0. The zero-order valence-corrected chi connectivity index (χ0v) is 13.3. The second-order valence-electron chi connectivity index (χ2n) is 5.94. The Balaban J connectivity index is 2.30. The number of nitrogen functional groups attached to an aromatic ring is 1. The second kappa shape index (κ2) is 5.46. The molecule has 4 N–H and O–H groups in total. The Kier molecular flexibility index (Phi) is 3.62. The Morgan fingerprint density at radius 1 is 1.09 bits per heavy atom. The SMILES string of the molecule is Cc1cc2nc(-c3ccc(N)cc3)n(C(C)CN)c2cc1C. The summed E-state index contributed by atoms with van der Waals surface area (Å²) >= 11 is 0. The first-order chi connectivity index (χ1) is 10.5. The van der Waals surface area contributed by atoms with Crippen LogP contribution in [-0.4, -0.2) is 16.1 Å². The third kappa shape index (κ3) is 2.35. The van der Waals surface area contributed by atoms with E-state index in [4.69, 9.17) is 16.5 Å². The van der Waals surface area contributed by atoms with Crippen LogP contribution in [0.3, 0.4) is 0 Å². The number of benzene rings is 2. The van der Waals surface area contributed by atoms with Crippen LogP contribution in [0.4, 0.5) is 5.69 Å². The first kappa shape index (κ1) is 14.6. The van der Waals surface area contributed by atoms with Crippen LogP contribution in [0.2, 0.25) is 0 Å². The fourth-order valence-electron chi connectivity index (χ4n) is 2.74. The molecule has 0 saturated carbocycles. The van der Waals surface area contributed by atoms with Gasteiger partial charge in [0.05, 0.1) is 11.0 Å². The summed E-state index contributed by atoms with van der Waals surface area (Å²) in [6.45, 7) is 6.93. The standard InChI is InChI=1S/C18H22N4/c1-11-8-16-17(9-12(11)2)22(13(3)10-19)18(21-16)14-4-6-15(20)7-5-14/h4-9,13H,10,19-20H2,1-3H3. The van der Waals surface area contributed by atoms with Gasteiger partial charge in [0.1, 0.15) is 5.82 Å². The minimum absolute atomic E-state index is 0.180. The van der Waals surface area contributed by atoms with E-state index in [1.54, 1.807) is 0 Å². The van der Waals surface area contributed by atoms with Crippen molar-refractivity contribution in [3.8, 4) is 11.4 Å². The molecule has 22 heavy (non-hydrogen) atoms. The number of fused-ring (bicyclic) bond motifs is 1. The number of nitrogens with two attached hydrogens (primary N) is 2. The van der Waals surface area contributed by atoms with Gasteiger partial charge in [0.25, 0.3) is 0 Å². The van der Waals surface area contributed by atoms with Crippen molar-refractivity contribution in [3.05, 3.63) is 47.5 Å². The summed E-state index contributed by atoms with van der Waals surface area (Å²) in [5.74, 6) is 0.943. The second-order valence-corrected chi connectivity index (χ2v) is 5.94. The smallest absolute Gasteiger partial charge is 0.141 e. The molecule has 3 rings (SSSR count). The molecular formula is C18H22N4. The Bertz CT molecular complexity index is 815. The Labute approximate surface area is 130 Å². The summed E-state index contributed by atoms with van der Waals surface area (Å²) in [6, 6.07) is 12.4. The molecule has 0 saturated heterocycles. The van der Waals surface area contributed by atoms with Crippen molar-refractivity contribution in [2.75, 3.05) is 12.3 Å². The lowest BCUT2D eigenvalue weighted by molar-refractivity contribution is 0.578. The number of hydrogen-bond acceptors (Lipinski definition) is 3. The lowest BCUT2D eigenvalue weighted by atomic mass is 10.1. The summed E-state index contributed by atoms with van der Waals surface area (Å²) in [7, 11) is 0. The van der Waals surface area contributed by atoms with Crippen LogP contribution >= 0.6 is 0 Å². The van der Waals surface area contributed by atoms with Gasteiger partial charge in [-0.3, -0.25) is 0 Å². The monoisotopic (exact) mass is 294 g/mol. The molecule has 2 aromatic carbocycles. The van der Waals surface area contributed by atoms with Crippen LogP contribution in [0.25, 0.3) is 22.4 Å². The number of nitrogens with zero attached hydrogens (tertiary/aromatic N) is 2. The molecule has 0 amide bonds. The molecule has 3 aromatic rings. The maximum atomic E-state index is 5.92. The van der Waals surface area contributed by atoms with Crippen LogP contribution in [0.15, 0.2) is 36.4 Å². The molecule has 0 fully saturated rings. The summed E-state index contributed by atoms with van der Waals surface area (Å²) in [5, 5.41) is 0. The van der Waals surface area contributed by atoms with Gasteiger partial charge in [0.15, 0.2) is 0 Å². The van der Waals surface area contributed by atoms with E-state index in [0.717, 1.165) is 28.1 Å². The zero-order valence-electron chi connectivity index (χ0n) is 13.3. The molecular weight excluding hydrogens is 272 g/mol. The highest BCUT2D eigenvalue weighted by Crippen LogP contribution is 2.30. The van der Waals surface area contributed by atoms with Gasteiger partial charge in [0.2, 0.25) is 0 Å². The first-order valence-electron chi connectivity index (χ1n) is 7.56. The van der Waals surface area contributed by atoms with Crippen molar-refractivity contribution in [1.82, 2.24) is 9.55 Å². The Hall–Kier alpha value is -2.33. The Morgan fingerprint density at radius 2 is 1.73 bits per heavy atom. The van der Waals surface area contributed by atoms with Gasteiger partial charge in [-0.25, -0.2) is 4.98 Å². The molecule has 0 aliphatic heterocycles. The molecule has 1 unspecified atom stereocenters. The topological polar surface area (TPSA) is 69.9 Å². The van der Waals surface area contributed by atoms with Gasteiger partial charge in [-0.05, 0) is 68.3 Å². The van der Waals surface area contributed by atoms with Crippen LogP contribution < -0.4 is 11.5 Å². The number of rotatable bonds is 3. The molecule has 114 valence electrons. The van der Waals surface area contributed by atoms with E-state index in [-0.39, 0.29) is 6.04 Å². The maximum absolute atomic E-state index is 5.92. The van der Waals surface area contributed by atoms with E-state index in [9.17, 15) is 0 Å². The molecule has 0 bridgehead atoms. The number of aromatic nitrogens is 2. The molecule has 1 aromatic heterocycles. The van der Waals surface area contributed by atoms with Crippen molar-refractivity contribution >= 4 is 16.7 Å². The summed E-state index contributed by atoms with van der Waals surface area (Å²) in [4.78, 5) is 4.85. The van der Waals surface area contributed by atoms with Gasteiger partial charge >= 0.3 is 0 Å². The van der Waals surface area contributed by atoms with Gasteiger partial charge in [0, 0.05) is 23.8 Å². The van der Waals surface area contributed by atoms with Crippen molar-refractivity contribution in [1.29, 1.82) is 0 Å². The number of hydrogen-bond donors (Lipinski definition) is 2. The number of anilines is 1. The van der Waals surface area contributed by atoms with Gasteiger partial charge in [-0.15, -0.1) is 0 Å². The maximum Gasteiger partial charge on any atom is 0.141 e. The molecule has 0 radical (unpaired) electrons. The van der Waals surface area contributed by atoms with E-state index in [0.29, 0.717) is 6.54 Å². The van der Waals surface area contributed by atoms with Crippen LogP contribution in [0.5, 0.6) is 0 Å². The fourth-order valence-corrected chi connectivity index (χ4v) is 2.74. The highest BCUT2D eigenvalue weighted by Gasteiger charge is 2.17. The summed E-state index contributed by atoms with van der Waals surface area (Å²) < 4.78 is 2.23. The predicted octanol–water partition coefficient (Wildman–Crippen LogP) is 3.42. The third-order valence-corrected chi connectivity index (χ3v) is 4.26. The normalized spacial score (nSPS) is 12.7. The quantitative estimate of drug-likeness (QED) is 0.727. The molecule has 0 spiro atoms. The average Bonchev–Trinajstić information content (AvgIpc) is 2.86. The van der Waals surface area contributed by atoms with Crippen molar-refractivity contribution in [2.24, 2.45) is 5.73 Å². The minimum atomic E-state index is 0.180. The molecule has 0 aliphatic carbocycles. The zero-order chi connectivity index (χ0) is 15.9. The van der Waals surface area contributed by atoms with Crippen LogP contribution in [-0.2, 0) is 0 Å². The van der Waals surface area contributed by atoms with E-state index in [1.165, 1.54) is 11.1 Å². The van der Waals surface area contributed by atoms with Gasteiger partial charge < -0.3 is 16.0 Å². The van der Waals surface area contributed by atoms with E-state index >= 15 is 0 Å². The van der Waals surface area contributed by atoms with Gasteiger partial charge in [-0.1, -0.05) is 0 Å². The highest BCUT2D eigenvalue weighted by molar-refractivity contribution is 5.82. The molecule has 1 atom stereocenters. The fraction of sp³-hybridized carbons (Fsp3) is 0.278. The molecule has 4 heteroatoms. The van der Waals surface area contributed by atoms with E-state index in [2.05, 4.69) is 37.5 Å². The predicted molar refractivity (Wildman–Crippen MR) is 92.8 cm³/mol. The number of imidazole rings is 1. The van der Waals surface area contributed by atoms with E-state index < -0.39 is 0 Å². The van der Waals surface area contributed by atoms with Crippen LogP contribution in [0, 0.1) is 13.8 Å². The van der Waals surface area contributed by atoms with Crippen molar-refractivity contribution in [2.45, 2.75) is 26.8 Å². The Morgan fingerprint density at radius 3 is 2.36 bits per heavy atom. The average molecular weight is 294 g/mol. The third-order valence-electron chi connectivity index (χ3n) is 4.26. The van der Waals surface area contributed by atoms with Crippen LogP contribution in [0.1, 0.15) is 24.1 Å². The number of aryl methyl sites for hydroxylation is 2. The van der Waals surface area contributed by atoms with Crippen molar-refractivity contribution < 1.29 is 0 Å². The largest absolute Gasteiger partial charge is 0.399 e. The minimum Gasteiger partial charge on any atom is -0.399 e. The van der Waals surface area contributed by atoms with Crippen molar-refractivity contribution in [3.63, 3.8) is 0 Å². The molecule has 0 aliphatic rings. The molecule has 1 heterocycles.